The average molecular weight is 748 g/mol. The normalized spacial score (nSPS) is 16.5. The van der Waals surface area contributed by atoms with Crippen LogP contribution in [0.15, 0.2) is 0 Å². The Labute approximate surface area is 305 Å². The number of carbonyl (C=O) groups excluding carboxylic acids is 3. The topological polar surface area (TPSA) is 271 Å². The van der Waals surface area contributed by atoms with Gasteiger partial charge in [0.25, 0.3) is 0 Å². The lowest BCUT2D eigenvalue weighted by Gasteiger charge is -2.33. The van der Waals surface area contributed by atoms with Crippen LogP contribution in [0.1, 0.15) is 131 Å². The number of carboxylic acid groups (broad SMARTS) is 4. The maximum Gasteiger partial charge on any atom is 0.307 e. The molecular formula is C36H61NO15. The number of ether oxygens (including phenoxy) is 2. The minimum absolute atomic E-state index is 0.110. The zero-order valence-corrected chi connectivity index (χ0v) is 31.2. The molecule has 7 N–H and O–H groups in total. The van der Waals surface area contributed by atoms with E-state index < -0.39 is 110 Å². The van der Waals surface area contributed by atoms with Crippen LogP contribution in [-0.4, -0.2) is 103 Å². The minimum Gasteiger partial charge on any atom is -0.481 e. The summed E-state index contributed by atoms with van der Waals surface area (Å²) >= 11 is 0. The number of carbonyl (C=O) groups is 7. The summed E-state index contributed by atoms with van der Waals surface area (Å²) in [5, 5.41) is 60.2. The zero-order chi connectivity index (χ0) is 40.0. The van der Waals surface area contributed by atoms with Crippen LogP contribution in [0.5, 0.6) is 0 Å². The molecule has 0 fully saturated rings. The minimum atomic E-state index is -1.56. The van der Waals surface area contributed by atoms with E-state index in [4.69, 9.17) is 19.7 Å². The van der Waals surface area contributed by atoms with Crippen LogP contribution in [0.25, 0.3) is 0 Å². The molecule has 0 spiro atoms. The van der Waals surface area contributed by atoms with Crippen LogP contribution in [0.2, 0.25) is 0 Å². The van der Waals surface area contributed by atoms with E-state index in [2.05, 4.69) is 5.32 Å². The van der Waals surface area contributed by atoms with Crippen molar-refractivity contribution in [3.63, 3.8) is 0 Å². The van der Waals surface area contributed by atoms with Gasteiger partial charge in [-0.2, -0.15) is 0 Å². The van der Waals surface area contributed by atoms with Gasteiger partial charge in [0.2, 0.25) is 5.91 Å². The van der Waals surface area contributed by atoms with Crippen LogP contribution < -0.4 is 5.32 Å². The molecule has 0 bridgehead atoms. The first-order valence-electron chi connectivity index (χ1n) is 18.2. The van der Waals surface area contributed by atoms with Crippen LogP contribution >= 0.6 is 0 Å². The van der Waals surface area contributed by atoms with Crippen LogP contribution in [-0.2, 0) is 43.0 Å². The van der Waals surface area contributed by atoms with Crippen molar-refractivity contribution in [2.24, 2.45) is 23.7 Å². The first kappa shape index (κ1) is 48.2. The summed E-state index contributed by atoms with van der Waals surface area (Å²) in [6, 6.07) is -0.489. The second kappa shape index (κ2) is 26.0. The number of unbranched alkanes of at least 4 members (excludes halogenated alkanes) is 4. The van der Waals surface area contributed by atoms with Gasteiger partial charge in [0.1, 0.15) is 12.2 Å². The van der Waals surface area contributed by atoms with E-state index in [1.807, 2.05) is 13.8 Å². The Morgan fingerprint density at radius 3 is 1.60 bits per heavy atom. The molecule has 0 aromatic heterocycles. The van der Waals surface area contributed by atoms with E-state index >= 15 is 0 Å². The first-order chi connectivity index (χ1) is 24.3. The highest BCUT2D eigenvalue weighted by atomic mass is 16.6. The van der Waals surface area contributed by atoms with Crippen molar-refractivity contribution in [1.82, 2.24) is 5.32 Å². The number of amides is 1. The Kier molecular flexibility index (Phi) is 24.2. The van der Waals surface area contributed by atoms with Crippen LogP contribution in [0.4, 0.5) is 0 Å². The van der Waals surface area contributed by atoms with Crippen LogP contribution in [0.3, 0.4) is 0 Å². The summed E-state index contributed by atoms with van der Waals surface area (Å²) in [6.45, 7) is 8.62. The number of aliphatic hydroxyl groups excluding tert-OH is 2. The number of carboxylic acids is 4. The second-order valence-corrected chi connectivity index (χ2v) is 14.1. The lowest BCUT2D eigenvalue weighted by Crippen LogP contribution is -2.42. The standard InChI is InChI=1S/C36H61NO15/c1-6-7-13-22(3)34(52-33(46)19-26(36(49)50)17-31(43)44)29(51-32(45)18-25(35(47)48)16-30(41)42)15-21(2)12-10-8-9-11-14-27(39)20-28(40)23(4)37-24(5)38/h21-23,25-29,34,39-40H,6-20H2,1-5H3,(H,37,38)(H,41,42)(H,43,44)(H,47,48)(H,49,50)/t21-,22+,23+,25+,26+,27-,28-,29+,34+/m0/s1. The van der Waals surface area contributed by atoms with E-state index in [-0.39, 0.29) is 24.7 Å². The number of rotatable bonds is 30. The lowest BCUT2D eigenvalue weighted by atomic mass is 9.87. The molecule has 0 aliphatic carbocycles. The van der Waals surface area contributed by atoms with Gasteiger partial charge in [-0.3, -0.25) is 33.6 Å². The molecule has 0 aromatic carbocycles. The molecule has 0 aliphatic rings. The van der Waals surface area contributed by atoms with E-state index in [9.17, 15) is 54.0 Å². The summed E-state index contributed by atoms with van der Waals surface area (Å²) in [5.41, 5.74) is 0. The highest BCUT2D eigenvalue weighted by Gasteiger charge is 2.37. The number of hydrogen-bond donors (Lipinski definition) is 7. The fourth-order valence-electron chi connectivity index (χ4n) is 5.99. The maximum absolute atomic E-state index is 13.1. The molecule has 0 aromatic rings. The van der Waals surface area contributed by atoms with Crippen molar-refractivity contribution in [2.75, 3.05) is 0 Å². The summed E-state index contributed by atoms with van der Waals surface area (Å²) in [4.78, 5) is 82.9. The number of aliphatic carboxylic acids is 4. The highest BCUT2D eigenvalue weighted by Crippen LogP contribution is 2.29. The molecule has 0 heterocycles. The Morgan fingerprint density at radius 1 is 0.635 bits per heavy atom. The number of hydrogen-bond acceptors (Lipinski definition) is 11. The molecule has 9 atom stereocenters. The molecule has 0 radical (unpaired) electrons. The number of aliphatic hydroxyl groups is 2. The number of nitrogens with one attached hydrogen (secondary N) is 1. The average Bonchev–Trinajstić information content (AvgIpc) is 3.02. The Balaban J connectivity index is 5.75. The van der Waals surface area contributed by atoms with Crippen molar-refractivity contribution in [2.45, 2.75) is 161 Å². The van der Waals surface area contributed by atoms with Crippen molar-refractivity contribution in [1.29, 1.82) is 0 Å². The van der Waals surface area contributed by atoms with Crippen molar-refractivity contribution in [3.05, 3.63) is 0 Å². The van der Waals surface area contributed by atoms with Gasteiger partial charge in [-0.15, -0.1) is 0 Å². The molecule has 1 amide bonds. The Bertz CT molecular complexity index is 1140. The molecule has 300 valence electrons. The summed E-state index contributed by atoms with van der Waals surface area (Å²) in [6.07, 6.45) is -0.416. The summed E-state index contributed by atoms with van der Waals surface area (Å²) in [7, 11) is 0. The molecule has 0 rings (SSSR count). The summed E-state index contributed by atoms with van der Waals surface area (Å²) < 4.78 is 11.5. The Morgan fingerprint density at radius 2 is 1.13 bits per heavy atom. The third kappa shape index (κ3) is 22.2. The molecule has 52 heavy (non-hydrogen) atoms. The van der Waals surface area contributed by atoms with Gasteiger partial charge in [0.15, 0.2) is 0 Å². The fourth-order valence-corrected chi connectivity index (χ4v) is 5.99. The molecule has 16 heteroatoms. The predicted molar refractivity (Wildman–Crippen MR) is 186 cm³/mol. The van der Waals surface area contributed by atoms with E-state index in [0.717, 1.165) is 25.7 Å². The number of esters is 2. The molecule has 0 saturated heterocycles. The highest BCUT2D eigenvalue weighted by molar-refractivity contribution is 5.84. The first-order valence-corrected chi connectivity index (χ1v) is 18.2. The third-order valence-corrected chi connectivity index (χ3v) is 9.00. The monoisotopic (exact) mass is 747 g/mol. The SMILES string of the molecule is CCCC[C@@H](C)[C@@H](OC(=O)C[C@@H](CC(=O)O)C(=O)O)[C@@H](C[C@@H](C)CCCCCC[C@H](O)C[C@H](O)[C@@H](C)NC(C)=O)OC(=O)C[C@@H](CC(=O)O)C(=O)O. The van der Waals surface area contributed by atoms with Gasteiger partial charge in [-0.05, 0) is 38.0 Å². The van der Waals surface area contributed by atoms with E-state index in [1.54, 1.807) is 13.8 Å². The van der Waals surface area contributed by atoms with Crippen LogP contribution in [0, 0.1) is 23.7 Å². The fraction of sp³-hybridized carbons (Fsp3) is 0.806. The summed E-state index contributed by atoms with van der Waals surface area (Å²) in [5.74, 6) is -11.7. The van der Waals surface area contributed by atoms with Gasteiger partial charge in [0, 0.05) is 13.3 Å². The van der Waals surface area contributed by atoms with Gasteiger partial charge < -0.3 is 45.4 Å². The zero-order valence-electron chi connectivity index (χ0n) is 31.2. The predicted octanol–water partition coefficient (Wildman–Crippen LogP) is 3.77. The van der Waals surface area contributed by atoms with Crippen molar-refractivity contribution in [3.8, 4) is 0 Å². The van der Waals surface area contributed by atoms with Crippen molar-refractivity contribution < 1.29 is 73.7 Å². The van der Waals surface area contributed by atoms with Crippen molar-refractivity contribution >= 4 is 41.7 Å². The second-order valence-electron chi connectivity index (χ2n) is 14.1. The van der Waals surface area contributed by atoms with Gasteiger partial charge in [0.05, 0.1) is 55.8 Å². The van der Waals surface area contributed by atoms with Gasteiger partial charge in [-0.1, -0.05) is 65.7 Å². The van der Waals surface area contributed by atoms with E-state index in [1.165, 1.54) is 6.92 Å². The molecule has 0 unspecified atom stereocenters. The largest absolute Gasteiger partial charge is 0.481 e. The van der Waals surface area contributed by atoms with E-state index in [0.29, 0.717) is 32.1 Å². The molecule has 0 saturated carbocycles. The van der Waals surface area contributed by atoms with Gasteiger partial charge in [-0.25, -0.2) is 0 Å². The lowest BCUT2D eigenvalue weighted by molar-refractivity contribution is -0.177. The third-order valence-electron chi connectivity index (χ3n) is 9.00. The molecule has 16 nitrogen and oxygen atoms in total. The van der Waals surface area contributed by atoms with Gasteiger partial charge >= 0.3 is 35.8 Å². The molecule has 0 aliphatic heterocycles. The maximum atomic E-state index is 13.1. The quantitative estimate of drug-likeness (QED) is 0.0407. The smallest absolute Gasteiger partial charge is 0.307 e. The molecular weight excluding hydrogens is 686 g/mol. The Hall–Kier alpha value is -3.79.